The molecule has 7 nitrogen and oxygen atoms in total. The Labute approximate surface area is 104 Å². The van der Waals surface area contributed by atoms with Gasteiger partial charge in [-0.15, -0.1) is 0 Å². The van der Waals surface area contributed by atoms with Crippen molar-refractivity contribution in [3.05, 3.63) is 35.3 Å². The van der Waals surface area contributed by atoms with Gasteiger partial charge >= 0.3 is 11.9 Å². The van der Waals surface area contributed by atoms with Crippen molar-refractivity contribution in [1.29, 1.82) is 0 Å². The van der Waals surface area contributed by atoms with Gasteiger partial charge in [-0.25, -0.2) is 14.0 Å². The quantitative estimate of drug-likeness (QED) is 0.771. The Morgan fingerprint density at radius 1 is 1.16 bits per heavy atom. The van der Waals surface area contributed by atoms with Gasteiger partial charge in [0, 0.05) is 11.6 Å². The third-order valence-corrected chi connectivity index (χ3v) is 2.31. The summed E-state index contributed by atoms with van der Waals surface area (Å²) >= 11 is 0. The molecule has 0 spiro atoms. The van der Waals surface area contributed by atoms with Crippen molar-refractivity contribution in [2.75, 3.05) is 0 Å². The molecule has 0 bridgehead atoms. The van der Waals surface area contributed by atoms with Gasteiger partial charge in [-0.1, -0.05) is 5.16 Å². The number of benzene rings is 1. The lowest BCUT2D eigenvalue weighted by Gasteiger charge is -2.03. The average molecular weight is 267 g/mol. The van der Waals surface area contributed by atoms with Crippen molar-refractivity contribution in [2.24, 2.45) is 0 Å². The predicted octanol–water partition coefficient (Wildman–Crippen LogP) is 1.58. The minimum atomic E-state index is -1.53. The molecule has 0 fully saturated rings. The van der Waals surface area contributed by atoms with Crippen LogP contribution in [0.25, 0.3) is 11.3 Å². The molecular formula is C11H6FNO6. The van der Waals surface area contributed by atoms with Crippen molar-refractivity contribution in [2.45, 2.75) is 0 Å². The van der Waals surface area contributed by atoms with Crippen molar-refractivity contribution in [3.63, 3.8) is 0 Å². The van der Waals surface area contributed by atoms with E-state index < -0.39 is 34.8 Å². The first-order chi connectivity index (χ1) is 8.90. The van der Waals surface area contributed by atoms with E-state index in [1.807, 2.05) is 0 Å². The number of aromatic carboxylic acids is 2. The summed E-state index contributed by atoms with van der Waals surface area (Å²) in [6.07, 6.45) is 0. The molecule has 1 aromatic carbocycles. The number of aromatic hydroxyl groups is 1. The molecular weight excluding hydrogens is 261 g/mol. The normalized spacial score (nSPS) is 10.4. The first-order valence-corrected chi connectivity index (χ1v) is 4.86. The Morgan fingerprint density at radius 3 is 2.37 bits per heavy atom. The van der Waals surface area contributed by atoms with Crippen molar-refractivity contribution >= 4 is 11.9 Å². The highest BCUT2D eigenvalue weighted by Crippen LogP contribution is 2.28. The van der Waals surface area contributed by atoms with Gasteiger partial charge in [-0.2, -0.15) is 0 Å². The lowest BCUT2D eigenvalue weighted by molar-refractivity contribution is 0.0649. The number of hydrogen-bond donors (Lipinski definition) is 3. The molecule has 0 aliphatic rings. The second kappa shape index (κ2) is 4.41. The SMILES string of the molecule is O=C(O)c1cc(-c2cc(F)c(O)c(C(=O)O)c2)no1. The molecule has 3 N–H and O–H groups in total. The zero-order valence-electron chi connectivity index (χ0n) is 9.12. The molecule has 19 heavy (non-hydrogen) atoms. The molecule has 0 aliphatic carbocycles. The maximum atomic E-state index is 13.4. The Kier molecular flexibility index (Phi) is 2.91. The van der Waals surface area contributed by atoms with Crippen LogP contribution in [0.5, 0.6) is 5.75 Å². The number of carboxylic acid groups (broad SMARTS) is 2. The van der Waals surface area contributed by atoms with Crippen molar-refractivity contribution in [3.8, 4) is 17.0 Å². The molecule has 8 heteroatoms. The molecule has 0 amide bonds. The van der Waals surface area contributed by atoms with E-state index in [0.717, 1.165) is 18.2 Å². The number of hydrogen-bond acceptors (Lipinski definition) is 5. The summed E-state index contributed by atoms with van der Waals surface area (Å²) in [5.74, 6) is -5.52. The number of nitrogens with zero attached hydrogens (tertiary/aromatic N) is 1. The molecule has 0 unspecified atom stereocenters. The van der Waals surface area contributed by atoms with Crippen molar-refractivity contribution < 1.29 is 33.8 Å². The van der Waals surface area contributed by atoms with Crippen LogP contribution in [0, 0.1) is 5.82 Å². The van der Waals surface area contributed by atoms with Crippen LogP contribution in [0.15, 0.2) is 22.7 Å². The zero-order valence-corrected chi connectivity index (χ0v) is 9.12. The van der Waals surface area contributed by atoms with Crippen LogP contribution in [0.2, 0.25) is 0 Å². The smallest absolute Gasteiger partial charge is 0.374 e. The highest BCUT2D eigenvalue weighted by Gasteiger charge is 2.19. The standard InChI is InChI=1S/C11H6FNO6/c12-6-2-4(1-5(9(6)14)10(15)16)7-3-8(11(17)18)19-13-7/h1-3,14H,(H,15,16)(H,17,18). The van der Waals surface area contributed by atoms with Crippen molar-refractivity contribution in [1.82, 2.24) is 5.16 Å². The fourth-order valence-corrected chi connectivity index (χ4v) is 1.42. The summed E-state index contributed by atoms with van der Waals surface area (Å²) in [5.41, 5.74) is -0.738. The molecule has 0 aliphatic heterocycles. The fourth-order valence-electron chi connectivity index (χ4n) is 1.42. The number of rotatable bonds is 3. The lowest BCUT2D eigenvalue weighted by atomic mass is 10.1. The van der Waals surface area contributed by atoms with Crippen LogP contribution in [0.4, 0.5) is 4.39 Å². The highest BCUT2D eigenvalue weighted by atomic mass is 19.1. The third kappa shape index (κ3) is 2.23. The van der Waals surface area contributed by atoms with E-state index in [9.17, 15) is 19.1 Å². The molecule has 1 heterocycles. The van der Waals surface area contributed by atoms with Crippen LogP contribution < -0.4 is 0 Å². The van der Waals surface area contributed by atoms with E-state index in [1.165, 1.54) is 0 Å². The Bertz CT molecular complexity index is 678. The number of carbonyl (C=O) groups is 2. The third-order valence-electron chi connectivity index (χ3n) is 2.31. The van der Waals surface area contributed by atoms with E-state index in [2.05, 4.69) is 9.68 Å². The van der Waals surface area contributed by atoms with E-state index in [4.69, 9.17) is 10.2 Å². The maximum Gasteiger partial charge on any atom is 0.374 e. The summed E-state index contributed by atoms with van der Waals surface area (Å²) in [4.78, 5) is 21.4. The minimum absolute atomic E-state index is 0.0241. The second-order valence-corrected chi connectivity index (χ2v) is 3.54. The zero-order chi connectivity index (χ0) is 14.2. The van der Waals surface area contributed by atoms with Gasteiger partial charge in [0.15, 0.2) is 11.6 Å². The molecule has 0 saturated carbocycles. The number of carboxylic acids is 2. The van der Waals surface area contributed by atoms with E-state index >= 15 is 0 Å². The van der Waals surface area contributed by atoms with E-state index in [-0.39, 0.29) is 11.3 Å². The predicted molar refractivity (Wildman–Crippen MR) is 57.5 cm³/mol. The molecule has 98 valence electrons. The number of phenols is 1. The first kappa shape index (κ1) is 12.6. The lowest BCUT2D eigenvalue weighted by Crippen LogP contribution is -1.99. The molecule has 2 aromatic rings. The average Bonchev–Trinajstić information content (AvgIpc) is 2.81. The fraction of sp³-hybridized carbons (Fsp3) is 0. The van der Waals surface area contributed by atoms with Crippen LogP contribution in [0.1, 0.15) is 20.9 Å². The van der Waals surface area contributed by atoms with Crippen LogP contribution in [-0.2, 0) is 0 Å². The van der Waals surface area contributed by atoms with Gasteiger partial charge in [0.25, 0.3) is 0 Å². The van der Waals surface area contributed by atoms with Gasteiger partial charge in [0.2, 0.25) is 5.76 Å². The Hall–Kier alpha value is -2.90. The largest absolute Gasteiger partial charge is 0.504 e. The Balaban J connectivity index is 2.56. The monoisotopic (exact) mass is 267 g/mol. The van der Waals surface area contributed by atoms with Gasteiger partial charge in [0.05, 0.1) is 0 Å². The summed E-state index contributed by atoms with van der Waals surface area (Å²) in [5, 5.41) is 30.1. The van der Waals surface area contributed by atoms with E-state index in [1.54, 1.807) is 0 Å². The van der Waals surface area contributed by atoms with Gasteiger partial charge in [0.1, 0.15) is 11.3 Å². The van der Waals surface area contributed by atoms with Crippen LogP contribution in [-0.4, -0.2) is 32.4 Å². The maximum absolute atomic E-state index is 13.4. The summed E-state index contributed by atoms with van der Waals surface area (Å²) < 4.78 is 17.8. The first-order valence-electron chi connectivity index (χ1n) is 4.86. The topological polar surface area (TPSA) is 121 Å². The molecule has 1 aromatic heterocycles. The van der Waals surface area contributed by atoms with Crippen LogP contribution in [0.3, 0.4) is 0 Å². The molecule has 2 rings (SSSR count). The van der Waals surface area contributed by atoms with Gasteiger partial charge < -0.3 is 19.8 Å². The molecule has 0 atom stereocenters. The summed E-state index contributed by atoms with van der Waals surface area (Å²) in [6.45, 7) is 0. The molecule has 0 saturated heterocycles. The Morgan fingerprint density at radius 2 is 1.84 bits per heavy atom. The second-order valence-electron chi connectivity index (χ2n) is 3.54. The van der Waals surface area contributed by atoms with E-state index in [0.29, 0.717) is 0 Å². The number of aromatic nitrogens is 1. The van der Waals surface area contributed by atoms with Gasteiger partial charge in [-0.3, -0.25) is 0 Å². The highest BCUT2D eigenvalue weighted by molar-refractivity contribution is 5.93. The van der Waals surface area contributed by atoms with Gasteiger partial charge in [-0.05, 0) is 12.1 Å². The summed E-state index contributed by atoms with van der Waals surface area (Å²) in [7, 11) is 0. The molecule has 0 radical (unpaired) electrons. The summed E-state index contributed by atoms with van der Waals surface area (Å²) in [6, 6.07) is 2.80. The van der Waals surface area contributed by atoms with Crippen LogP contribution >= 0.6 is 0 Å². The number of halogens is 1. The minimum Gasteiger partial charge on any atom is -0.504 e.